The minimum Gasteiger partial charge on any atom is -0.494 e. The van der Waals surface area contributed by atoms with E-state index >= 15 is 0 Å². The van der Waals surface area contributed by atoms with Gasteiger partial charge in [-0.2, -0.15) is 0 Å². The Kier molecular flexibility index (Phi) is 3.51. The van der Waals surface area contributed by atoms with Crippen molar-refractivity contribution in [3.63, 3.8) is 0 Å². The summed E-state index contributed by atoms with van der Waals surface area (Å²) < 4.78 is 5.53. The molecule has 0 bridgehead atoms. The maximum atomic E-state index is 10.8. The van der Waals surface area contributed by atoms with Crippen LogP contribution in [-0.2, 0) is 4.79 Å². The average Bonchev–Trinajstić information content (AvgIpc) is 2.34. The topological polar surface area (TPSA) is 41.6 Å². The summed E-state index contributed by atoms with van der Waals surface area (Å²) >= 11 is 0. The molecule has 0 saturated heterocycles. The molecule has 19 heavy (non-hydrogen) atoms. The molecule has 1 aromatic rings. The lowest BCUT2D eigenvalue weighted by atomic mass is 9.90. The molecule has 2 rings (SSSR count). The fourth-order valence-corrected chi connectivity index (χ4v) is 2.55. The fraction of sp³-hybridized carbons (Fsp3) is 0.400. The van der Waals surface area contributed by atoms with E-state index < -0.39 is 0 Å². The van der Waals surface area contributed by atoms with Gasteiger partial charge in [-0.15, -0.1) is 0 Å². The van der Waals surface area contributed by atoms with Crippen LogP contribution in [0.5, 0.6) is 5.75 Å². The summed E-state index contributed by atoms with van der Waals surface area (Å²) in [4.78, 5) is 10.8. The van der Waals surface area contributed by atoms with Gasteiger partial charge in [0.05, 0.1) is 17.8 Å². The summed E-state index contributed by atoms with van der Waals surface area (Å²) in [5, 5.41) is 1.87. The van der Waals surface area contributed by atoms with Crippen molar-refractivity contribution >= 4 is 17.7 Å². The zero-order valence-electron chi connectivity index (χ0n) is 11.9. The zero-order chi connectivity index (χ0) is 14.0. The van der Waals surface area contributed by atoms with Crippen molar-refractivity contribution in [3.05, 3.63) is 29.8 Å². The normalized spacial score (nSPS) is 16.4. The minimum atomic E-state index is -0.259. The number of hydrogen-bond acceptors (Lipinski definition) is 3. The predicted molar refractivity (Wildman–Crippen MR) is 77.0 cm³/mol. The van der Waals surface area contributed by atoms with E-state index in [1.54, 1.807) is 0 Å². The molecule has 0 fully saturated rings. The Balaban J connectivity index is 2.51. The highest BCUT2D eigenvalue weighted by molar-refractivity contribution is 5.82. The molecule has 1 aliphatic heterocycles. The second kappa shape index (κ2) is 4.96. The van der Waals surface area contributed by atoms with E-state index in [0.717, 1.165) is 17.0 Å². The summed E-state index contributed by atoms with van der Waals surface area (Å²) in [5.41, 5.74) is 5.77. The number of rotatable bonds is 4. The lowest BCUT2D eigenvalue weighted by Gasteiger charge is -2.41. The first-order valence-corrected chi connectivity index (χ1v) is 6.46. The van der Waals surface area contributed by atoms with Gasteiger partial charge in [0, 0.05) is 5.56 Å². The molecule has 1 aliphatic rings. The van der Waals surface area contributed by atoms with Crippen LogP contribution in [-0.4, -0.2) is 18.6 Å². The molecule has 1 N–H and O–H groups in total. The number of nitrogens with zero attached hydrogens (tertiary/aromatic N) is 1. The van der Waals surface area contributed by atoms with E-state index in [1.165, 1.54) is 5.57 Å². The summed E-state index contributed by atoms with van der Waals surface area (Å²) in [6.07, 6.45) is 2.85. The van der Waals surface area contributed by atoms with Gasteiger partial charge in [0.1, 0.15) is 5.75 Å². The molecule has 0 aromatic heterocycles. The van der Waals surface area contributed by atoms with E-state index in [-0.39, 0.29) is 5.54 Å². The van der Waals surface area contributed by atoms with Gasteiger partial charge in [0.2, 0.25) is 6.41 Å². The number of hydrazine groups is 1. The van der Waals surface area contributed by atoms with Crippen molar-refractivity contribution in [2.45, 2.75) is 33.2 Å². The van der Waals surface area contributed by atoms with Gasteiger partial charge in [-0.25, -0.2) is 0 Å². The molecular formula is C15H20N2O2. The van der Waals surface area contributed by atoms with Crippen molar-refractivity contribution in [1.82, 2.24) is 5.43 Å². The van der Waals surface area contributed by atoms with E-state index in [0.29, 0.717) is 13.0 Å². The Morgan fingerprint density at radius 1 is 1.42 bits per heavy atom. The highest BCUT2D eigenvalue weighted by Crippen LogP contribution is 2.39. The van der Waals surface area contributed by atoms with Crippen LogP contribution in [0.25, 0.3) is 5.57 Å². The first-order chi connectivity index (χ1) is 8.99. The number of hydrogen-bond donors (Lipinski definition) is 1. The monoisotopic (exact) mass is 260 g/mol. The number of benzene rings is 1. The molecule has 102 valence electrons. The molecule has 0 unspecified atom stereocenters. The lowest BCUT2D eigenvalue weighted by molar-refractivity contribution is -0.109. The van der Waals surface area contributed by atoms with E-state index in [4.69, 9.17) is 4.74 Å². The zero-order valence-corrected chi connectivity index (χ0v) is 11.9. The Labute approximate surface area is 114 Å². The van der Waals surface area contributed by atoms with Crippen molar-refractivity contribution in [1.29, 1.82) is 0 Å². The highest BCUT2D eigenvalue weighted by atomic mass is 16.5. The number of anilines is 1. The van der Waals surface area contributed by atoms with Gasteiger partial charge < -0.3 is 4.74 Å². The first kappa shape index (κ1) is 13.5. The molecule has 1 amide bonds. The van der Waals surface area contributed by atoms with Crippen molar-refractivity contribution in [2.75, 3.05) is 11.6 Å². The second-order valence-electron chi connectivity index (χ2n) is 5.18. The first-order valence-electron chi connectivity index (χ1n) is 6.46. The predicted octanol–water partition coefficient (Wildman–Crippen LogP) is 2.75. The number of nitrogens with one attached hydrogen (secondary N) is 1. The minimum absolute atomic E-state index is 0.259. The number of amides is 1. The molecule has 0 aliphatic carbocycles. The summed E-state index contributed by atoms with van der Waals surface area (Å²) in [5.74, 6) is 0.847. The van der Waals surface area contributed by atoms with Crippen LogP contribution in [0, 0.1) is 0 Å². The van der Waals surface area contributed by atoms with Gasteiger partial charge in [-0.1, -0.05) is 6.08 Å². The summed E-state index contributed by atoms with van der Waals surface area (Å²) in [6, 6.07) is 5.92. The van der Waals surface area contributed by atoms with Crippen LogP contribution in [0.2, 0.25) is 0 Å². The number of carbonyl (C=O) groups excluding carboxylic acids is 1. The van der Waals surface area contributed by atoms with Crippen LogP contribution in [0.4, 0.5) is 5.69 Å². The average molecular weight is 260 g/mol. The Hall–Kier alpha value is -1.97. The summed E-state index contributed by atoms with van der Waals surface area (Å²) in [7, 11) is 0. The molecule has 1 heterocycles. The number of ether oxygens (including phenoxy) is 1. The second-order valence-corrected chi connectivity index (χ2v) is 5.18. The standard InChI is InChI=1S/C15H20N2O2/c1-5-19-12-6-7-14-13(8-12)11(2)9-15(3,4)17(14)16-10-18/h6-10H,5H2,1-4H3,(H,16,18). The molecule has 0 spiro atoms. The third-order valence-corrected chi connectivity index (χ3v) is 3.27. The van der Waals surface area contributed by atoms with Crippen LogP contribution in [0.15, 0.2) is 24.3 Å². The number of fused-ring (bicyclic) bond motifs is 1. The summed E-state index contributed by atoms with van der Waals surface area (Å²) in [6.45, 7) is 8.81. The highest BCUT2D eigenvalue weighted by Gasteiger charge is 2.31. The molecule has 0 atom stereocenters. The third kappa shape index (κ3) is 2.43. The Bertz CT molecular complexity index is 521. The SMILES string of the molecule is CCOc1ccc2c(c1)C(C)=CC(C)(C)N2NC=O. The fourth-order valence-electron chi connectivity index (χ4n) is 2.55. The van der Waals surface area contributed by atoms with Crippen LogP contribution < -0.4 is 15.2 Å². The van der Waals surface area contributed by atoms with Gasteiger partial charge in [0.15, 0.2) is 0 Å². The molecule has 4 heteroatoms. The quantitative estimate of drug-likeness (QED) is 0.846. The van der Waals surface area contributed by atoms with Crippen LogP contribution in [0.1, 0.15) is 33.3 Å². The van der Waals surface area contributed by atoms with Gasteiger partial charge in [-0.3, -0.25) is 15.2 Å². The molecule has 0 radical (unpaired) electrons. The lowest BCUT2D eigenvalue weighted by Crippen LogP contribution is -2.52. The van der Waals surface area contributed by atoms with E-state index in [1.807, 2.05) is 30.1 Å². The number of carbonyl (C=O) groups is 1. The Morgan fingerprint density at radius 3 is 2.79 bits per heavy atom. The molecule has 4 nitrogen and oxygen atoms in total. The third-order valence-electron chi connectivity index (χ3n) is 3.27. The smallest absolute Gasteiger partial charge is 0.225 e. The number of allylic oxidation sites excluding steroid dienone is 1. The van der Waals surface area contributed by atoms with Crippen molar-refractivity contribution in [2.24, 2.45) is 0 Å². The maximum Gasteiger partial charge on any atom is 0.225 e. The van der Waals surface area contributed by atoms with E-state index in [9.17, 15) is 4.79 Å². The van der Waals surface area contributed by atoms with Crippen LogP contribution >= 0.6 is 0 Å². The van der Waals surface area contributed by atoms with Gasteiger partial charge in [-0.05, 0) is 51.5 Å². The largest absolute Gasteiger partial charge is 0.494 e. The Morgan fingerprint density at radius 2 is 2.16 bits per heavy atom. The molecule has 1 aromatic carbocycles. The molecular weight excluding hydrogens is 240 g/mol. The maximum absolute atomic E-state index is 10.8. The van der Waals surface area contributed by atoms with Gasteiger partial charge >= 0.3 is 0 Å². The van der Waals surface area contributed by atoms with Gasteiger partial charge in [0.25, 0.3) is 0 Å². The molecule has 0 saturated carbocycles. The van der Waals surface area contributed by atoms with Crippen LogP contribution in [0.3, 0.4) is 0 Å². The van der Waals surface area contributed by atoms with E-state index in [2.05, 4.69) is 32.3 Å². The van der Waals surface area contributed by atoms with Crippen molar-refractivity contribution < 1.29 is 9.53 Å². The van der Waals surface area contributed by atoms with Crippen molar-refractivity contribution in [3.8, 4) is 5.75 Å².